The van der Waals surface area contributed by atoms with Crippen LogP contribution in [0.3, 0.4) is 0 Å². The lowest BCUT2D eigenvalue weighted by Gasteiger charge is -2.32. The molecule has 1 aromatic carbocycles. The summed E-state index contributed by atoms with van der Waals surface area (Å²) in [5.74, 6) is 1.07. The Hall–Kier alpha value is -3.53. The number of aromatic nitrogens is 3. The molecule has 1 fully saturated rings. The van der Waals surface area contributed by atoms with Crippen molar-refractivity contribution >= 4 is 5.95 Å². The molecule has 0 amide bonds. The lowest BCUT2D eigenvalue weighted by molar-refractivity contribution is 0.299. The van der Waals surface area contributed by atoms with Gasteiger partial charge in [-0.3, -0.25) is 4.98 Å². The van der Waals surface area contributed by atoms with Gasteiger partial charge in [0.2, 0.25) is 5.95 Å². The second-order valence-electron chi connectivity index (χ2n) is 8.03. The Bertz CT molecular complexity index is 1070. The highest BCUT2D eigenvalue weighted by Gasteiger charge is 2.22. The molecule has 0 radical (unpaired) electrons. The highest BCUT2D eigenvalue weighted by atomic mass is 19.1. The number of nitriles is 1. The van der Waals surface area contributed by atoms with Crippen molar-refractivity contribution in [3.8, 4) is 11.8 Å². The SMILES string of the molecule is CCCc1cnc(N2CCC(c3ccc(COc4ccc(C#N)c(F)c4)nc3)CC2)nc1. The molecule has 2 aromatic heterocycles. The summed E-state index contributed by atoms with van der Waals surface area (Å²) in [5.41, 5.74) is 3.19. The average molecular weight is 432 g/mol. The number of nitrogens with zero attached hydrogens (tertiary/aromatic N) is 5. The summed E-state index contributed by atoms with van der Waals surface area (Å²) in [6.45, 7) is 4.25. The van der Waals surface area contributed by atoms with Crippen molar-refractivity contribution in [1.82, 2.24) is 15.0 Å². The molecule has 0 saturated carbocycles. The molecule has 7 heteroatoms. The predicted molar refractivity (Wildman–Crippen MR) is 120 cm³/mol. The van der Waals surface area contributed by atoms with Crippen molar-refractivity contribution in [2.75, 3.05) is 18.0 Å². The Labute approximate surface area is 187 Å². The number of piperidine rings is 1. The monoisotopic (exact) mass is 431 g/mol. The van der Waals surface area contributed by atoms with Crippen molar-refractivity contribution in [2.24, 2.45) is 0 Å². The quantitative estimate of drug-likeness (QED) is 0.535. The van der Waals surface area contributed by atoms with Crippen LogP contribution in [-0.2, 0) is 13.0 Å². The molecule has 0 bridgehead atoms. The molecule has 1 aliphatic heterocycles. The van der Waals surface area contributed by atoms with Crippen LogP contribution in [0, 0.1) is 17.1 Å². The van der Waals surface area contributed by atoms with Gasteiger partial charge in [-0.05, 0) is 54.5 Å². The third-order valence-corrected chi connectivity index (χ3v) is 5.77. The van der Waals surface area contributed by atoms with Crippen LogP contribution in [0.1, 0.15) is 54.5 Å². The smallest absolute Gasteiger partial charge is 0.225 e. The van der Waals surface area contributed by atoms with E-state index >= 15 is 0 Å². The Morgan fingerprint density at radius 3 is 2.50 bits per heavy atom. The van der Waals surface area contributed by atoms with Gasteiger partial charge in [0.05, 0.1) is 11.3 Å². The van der Waals surface area contributed by atoms with Gasteiger partial charge in [0.15, 0.2) is 0 Å². The van der Waals surface area contributed by atoms with Gasteiger partial charge in [-0.15, -0.1) is 0 Å². The minimum absolute atomic E-state index is 0.00551. The van der Waals surface area contributed by atoms with Crippen LogP contribution in [-0.4, -0.2) is 28.0 Å². The molecule has 1 saturated heterocycles. The molecule has 0 spiro atoms. The normalized spacial score (nSPS) is 14.2. The highest BCUT2D eigenvalue weighted by molar-refractivity contribution is 5.36. The Morgan fingerprint density at radius 2 is 1.88 bits per heavy atom. The zero-order chi connectivity index (χ0) is 22.3. The van der Waals surface area contributed by atoms with Crippen LogP contribution in [0.5, 0.6) is 5.75 Å². The maximum absolute atomic E-state index is 13.7. The van der Waals surface area contributed by atoms with Gasteiger partial charge in [-0.1, -0.05) is 19.4 Å². The number of ether oxygens (including phenoxy) is 1. The number of benzene rings is 1. The number of halogens is 1. The zero-order valence-electron chi connectivity index (χ0n) is 18.2. The van der Waals surface area contributed by atoms with Crippen LogP contribution in [0.2, 0.25) is 0 Å². The van der Waals surface area contributed by atoms with Gasteiger partial charge in [0, 0.05) is 37.7 Å². The fourth-order valence-corrected chi connectivity index (χ4v) is 3.94. The van der Waals surface area contributed by atoms with Gasteiger partial charge in [0.1, 0.15) is 24.2 Å². The minimum atomic E-state index is -0.582. The summed E-state index contributed by atoms with van der Waals surface area (Å²) in [7, 11) is 0. The van der Waals surface area contributed by atoms with E-state index in [1.54, 1.807) is 12.1 Å². The van der Waals surface area contributed by atoms with E-state index in [4.69, 9.17) is 10.00 Å². The van der Waals surface area contributed by atoms with Crippen molar-refractivity contribution in [3.05, 3.63) is 77.1 Å². The van der Waals surface area contributed by atoms with E-state index in [-0.39, 0.29) is 12.2 Å². The fourth-order valence-electron chi connectivity index (χ4n) is 3.94. The maximum atomic E-state index is 13.7. The first-order valence-electron chi connectivity index (χ1n) is 11.0. The molecule has 3 aromatic rings. The van der Waals surface area contributed by atoms with Crippen LogP contribution in [0.15, 0.2) is 48.9 Å². The van der Waals surface area contributed by atoms with Crippen molar-refractivity contribution < 1.29 is 9.13 Å². The molecule has 0 atom stereocenters. The first-order valence-corrected chi connectivity index (χ1v) is 11.0. The summed E-state index contributed by atoms with van der Waals surface area (Å²) in [4.78, 5) is 15.8. The number of anilines is 1. The van der Waals surface area contributed by atoms with E-state index in [1.807, 2.05) is 24.7 Å². The topological polar surface area (TPSA) is 74.9 Å². The van der Waals surface area contributed by atoms with Crippen LogP contribution in [0.4, 0.5) is 10.3 Å². The summed E-state index contributed by atoms with van der Waals surface area (Å²) in [5, 5.41) is 8.80. The van der Waals surface area contributed by atoms with Gasteiger partial charge < -0.3 is 9.64 Å². The lowest BCUT2D eigenvalue weighted by Crippen LogP contribution is -2.34. The summed E-state index contributed by atoms with van der Waals surface area (Å²) < 4.78 is 19.3. The van der Waals surface area contributed by atoms with Gasteiger partial charge in [-0.25, -0.2) is 14.4 Å². The van der Waals surface area contributed by atoms with Crippen LogP contribution in [0.25, 0.3) is 0 Å². The second-order valence-corrected chi connectivity index (χ2v) is 8.03. The largest absolute Gasteiger partial charge is 0.487 e. The van der Waals surface area contributed by atoms with E-state index in [0.717, 1.165) is 50.4 Å². The lowest BCUT2D eigenvalue weighted by atomic mass is 9.90. The molecule has 0 aliphatic carbocycles. The molecule has 3 heterocycles. The van der Waals surface area contributed by atoms with E-state index in [2.05, 4.69) is 32.8 Å². The molecule has 32 heavy (non-hydrogen) atoms. The van der Waals surface area contributed by atoms with Crippen LogP contribution < -0.4 is 9.64 Å². The van der Waals surface area contributed by atoms with E-state index in [9.17, 15) is 4.39 Å². The number of rotatable bonds is 7. The van der Waals surface area contributed by atoms with E-state index in [0.29, 0.717) is 11.7 Å². The molecule has 0 unspecified atom stereocenters. The number of aryl methyl sites for hydroxylation is 1. The van der Waals surface area contributed by atoms with Gasteiger partial charge in [0.25, 0.3) is 0 Å². The highest BCUT2D eigenvalue weighted by Crippen LogP contribution is 2.29. The van der Waals surface area contributed by atoms with Crippen LogP contribution >= 0.6 is 0 Å². The third kappa shape index (κ3) is 5.20. The summed E-state index contributed by atoms with van der Waals surface area (Å²) in [6.07, 6.45) is 9.96. The van der Waals surface area contributed by atoms with E-state index < -0.39 is 5.82 Å². The summed E-state index contributed by atoms with van der Waals surface area (Å²) >= 11 is 0. The average Bonchev–Trinajstić information content (AvgIpc) is 2.84. The molecular weight excluding hydrogens is 405 g/mol. The number of pyridine rings is 1. The van der Waals surface area contributed by atoms with Gasteiger partial charge in [-0.2, -0.15) is 5.26 Å². The van der Waals surface area contributed by atoms with E-state index in [1.165, 1.54) is 23.3 Å². The number of hydrogen-bond acceptors (Lipinski definition) is 6. The Balaban J connectivity index is 1.29. The molecule has 164 valence electrons. The third-order valence-electron chi connectivity index (χ3n) is 5.77. The molecule has 1 aliphatic rings. The standard InChI is InChI=1S/C25H26FN5O/c1-2-3-18-14-29-25(30-15-18)31-10-8-19(9-11-31)21-4-6-22(28-16-21)17-32-23-7-5-20(13-27)24(26)12-23/h4-7,12,14-16,19H,2-3,8-11,17H2,1H3. The van der Waals surface area contributed by atoms with Gasteiger partial charge >= 0.3 is 0 Å². The Kier molecular flexibility index (Phi) is 6.90. The predicted octanol–water partition coefficient (Wildman–Crippen LogP) is 4.80. The summed E-state index contributed by atoms with van der Waals surface area (Å²) in [6, 6.07) is 10.1. The molecular formula is C25H26FN5O. The Morgan fingerprint density at radius 1 is 1.09 bits per heavy atom. The zero-order valence-corrected chi connectivity index (χ0v) is 18.2. The van der Waals surface area contributed by atoms with Crippen molar-refractivity contribution in [3.63, 3.8) is 0 Å². The first-order chi connectivity index (χ1) is 15.7. The van der Waals surface area contributed by atoms with Crippen molar-refractivity contribution in [1.29, 1.82) is 5.26 Å². The maximum Gasteiger partial charge on any atom is 0.225 e. The fraction of sp³-hybridized carbons (Fsp3) is 0.360. The minimum Gasteiger partial charge on any atom is -0.487 e. The number of hydrogen-bond donors (Lipinski definition) is 0. The first kappa shape index (κ1) is 21.7. The molecule has 0 N–H and O–H groups in total. The van der Waals surface area contributed by atoms with Crippen molar-refractivity contribution in [2.45, 2.75) is 45.1 Å². The molecule has 6 nitrogen and oxygen atoms in total. The molecule has 4 rings (SSSR count). The second kappa shape index (κ2) is 10.2.